The van der Waals surface area contributed by atoms with Gasteiger partial charge in [-0.1, -0.05) is 24.3 Å². The molecule has 0 radical (unpaired) electrons. The quantitative estimate of drug-likeness (QED) is 0.886. The van der Waals surface area contributed by atoms with Crippen molar-refractivity contribution in [1.29, 1.82) is 0 Å². The van der Waals surface area contributed by atoms with Crippen LogP contribution in [0.4, 0.5) is 8.78 Å². The predicted molar refractivity (Wildman–Crippen MR) is 77.8 cm³/mol. The maximum Gasteiger partial charge on any atom is 0.130 e. The van der Waals surface area contributed by atoms with Gasteiger partial charge in [0.25, 0.3) is 0 Å². The zero-order valence-corrected chi connectivity index (χ0v) is 12.0. The molecule has 1 atom stereocenters. The van der Waals surface area contributed by atoms with Crippen molar-refractivity contribution < 1.29 is 8.78 Å². The first-order valence-electron chi connectivity index (χ1n) is 6.69. The lowest BCUT2D eigenvalue weighted by Crippen LogP contribution is -2.20. The molecule has 1 unspecified atom stereocenters. The molecule has 1 nitrogen and oxygen atoms in total. The van der Waals surface area contributed by atoms with Gasteiger partial charge in [-0.3, -0.25) is 0 Å². The molecule has 0 aliphatic heterocycles. The molecule has 2 aromatic rings. The molecule has 0 fully saturated rings. The zero-order valence-electron chi connectivity index (χ0n) is 12.0. The lowest BCUT2D eigenvalue weighted by atomic mass is 9.96. The van der Waals surface area contributed by atoms with E-state index in [1.807, 2.05) is 6.07 Å². The van der Waals surface area contributed by atoms with Crippen LogP contribution in [0.2, 0.25) is 0 Å². The molecule has 0 spiro atoms. The maximum atomic E-state index is 13.9. The van der Waals surface area contributed by atoms with Gasteiger partial charge in [-0.2, -0.15) is 0 Å². The minimum absolute atomic E-state index is 0.169. The first kappa shape index (κ1) is 14.7. The largest absolute Gasteiger partial charge is 0.313 e. The molecule has 20 heavy (non-hydrogen) atoms. The van der Waals surface area contributed by atoms with E-state index in [2.05, 4.69) is 31.3 Å². The summed E-state index contributed by atoms with van der Waals surface area (Å²) >= 11 is 0. The van der Waals surface area contributed by atoms with Crippen molar-refractivity contribution in [2.24, 2.45) is 0 Å². The minimum atomic E-state index is -0.549. The third kappa shape index (κ3) is 3.23. The Balaban J connectivity index is 2.26. The molecule has 0 aliphatic rings. The maximum absolute atomic E-state index is 13.9. The highest BCUT2D eigenvalue weighted by Gasteiger charge is 2.15. The van der Waals surface area contributed by atoms with Crippen LogP contribution in [0.3, 0.4) is 0 Å². The van der Waals surface area contributed by atoms with Crippen LogP contribution < -0.4 is 5.32 Å². The van der Waals surface area contributed by atoms with E-state index in [1.54, 1.807) is 7.05 Å². The molecule has 0 aromatic heterocycles. The van der Waals surface area contributed by atoms with Gasteiger partial charge in [0.15, 0.2) is 0 Å². The van der Waals surface area contributed by atoms with Gasteiger partial charge in [0.1, 0.15) is 11.6 Å². The summed E-state index contributed by atoms with van der Waals surface area (Å²) in [5, 5.41) is 3.10. The van der Waals surface area contributed by atoms with E-state index < -0.39 is 11.6 Å². The van der Waals surface area contributed by atoms with Crippen molar-refractivity contribution in [3.63, 3.8) is 0 Å². The molecule has 2 rings (SSSR count). The SMILES string of the molecule is CNC(Cc1ccc(C)c(C)c1)c1ccc(F)cc1F. The Morgan fingerprint density at radius 2 is 1.75 bits per heavy atom. The first-order chi connectivity index (χ1) is 9.51. The fourth-order valence-electron chi connectivity index (χ4n) is 2.32. The highest BCUT2D eigenvalue weighted by molar-refractivity contribution is 5.32. The van der Waals surface area contributed by atoms with Gasteiger partial charge in [-0.05, 0) is 50.1 Å². The molecule has 3 heteroatoms. The number of likely N-dealkylation sites (N-methyl/N-ethyl adjacent to an activating group) is 1. The van der Waals surface area contributed by atoms with Crippen molar-refractivity contribution in [2.45, 2.75) is 26.3 Å². The molecule has 0 aliphatic carbocycles. The van der Waals surface area contributed by atoms with E-state index in [1.165, 1.54) is 23.3 Å². The van der Waals surface area contributed by atoms with Crippen molar-refractivity contribution in [1.82, 2.24) is 5.32 Å². The number of hydrogen-bond donors (Lipinski definition) is 1. The fourth-order valence-corrected chi connectivity index (χ4v) is 2.32. The lowest BCUT2D eigenvalue weighted by molar-refractivity contribution is 0.521. The Bertz CT molecular complexity index is 608. The summed E-state index contributed by atoms with van der Waals surface area (Å²) < 4.78 is 26.8. The van der Waals surface area contributed by atoms with Gasteiger partial charge in [0.2, 0.25) is 0 Å². The minimum Gasteiger partial charge on any atom is -0.313 e. The summed E-state index contributed by atoms with van der Waals surface area (Å²) in [5.41, 5.74) is 4.09. The fraction of sp³-hybridized carbons (Fsp3) is 0.294. The molecule has 0 saturated heterocycles. The molecule has 0 bridgehead atoms. The van der Waals surface area contributed by atoms with Crippen molar-refractivity contribution >= 4 is 0 Å². The van der Waals surface area contributed by atoms with Crippen LogP contribution >= 0.6 is 0 Å². The number of nitrogens with one attached hydrogen (secondary N) is 1. The number of rotatable bonds is 4. The normalized spacial score (nSPS) is 12.4. The van der Waals surface area contributed by atoms with Gasteiger partial charge in [0.05, 0.1) is 0 Å². The first-order valence-corrected chi connectivity index (χ1v) is 6.69. The highest BCUT2D eigenvalue weighted by atomic mass is 19.1. The Morgan fingerprint density at radius 1 is 1.00 bits per heavy atom. The molecule has 0 saturated carbocycles. The molecule has 0 amide bonds. The standard InChI is InChI=1S/C17H19F2N/c1-11-4-5-13(8-12(11)2)9-17(20-3)15-7-6-14(18)10-16(15)19/h4-8,10,17,20H,9H2,1-3H3. The Morgan fingerprint density at radius 3 is 2.35 bits per heavy atom. The van der Waals surface area contributed by atoms with E-state index in [0.29, 0.717) is 12.0 Å². The second-order valence-electron chi connectivity index (χ2n) is 5.13. The van der Waals surface area contributed by atoms with Crippen LogP contribution in [0.15, 0.2) is 36.4 Å². The van der Waals surface area contributed by atoms with Crippen LogP contribution in [0, 0.1) is 25.5 Å². The topological polar surface area (TPSA) is 12.0 Å². The molecular weight excluding hydrogens is 256 g/mol. The van der Waals surface area contributed by atoms with Gasteiger partial charge in [-0.15, -0.1) is 0 Å². The van der Waals surface area contributed by atoms with E-state index in [-0.39, 0.29) is 6.04 Å². The molecule has 106 valence electrons. The second kappa shape index (κ2) is 6.14. The molecular formula is C17H19F2N. The van der Waals surface area contributed by atoms with Gasteiger partial charge in [0, 0.05) is 17.7 Å². The summed E-state index contributed by atoms with van der Waals surface area (Å²) in [6, 6.07) is 9.79. The number of aryl methyl sites for hydroxylation is 2. The Kier molecular flexibility index (Phi) is 4.50. The zero-order chi connectivity index (χ0) is 14.7. The molecule has 1 N–H and O–H groups in total. The summed E-state index contributed by atoms with van der Waals surface area (Å²) in [7, 11) is 1.79. The third-order valence-corrected chi connectivity index (χ3v) is 3.70. The van der Waals surface area contributed by atoms with Crippen LogP contribution in [0.25, 0.3) is 0 Å². The van der Waals surface area contributed by atoms with Gasteiger partial charge >= 0.3 is 0 Å². The van der Waals surface area contributed by atoms with E-state index >= 15 is 0 Å². The van der Waals surface area contributed by atoms with Crippen LogP contribution in [-0.4, -0.2) is 7.05 Å². The van der Waals surface area contributed by atoms with E-state index in [9.17, 15) is 8.78 Å². The molecule has 0 heterocycles. The van der Waals surface area contributed by atoms with Gasteiger partial charge in [-0.25, -0.2) is 8.78 Å². The van der Waals surface area contributed by atoms with Crippen LogP contribution in [-0.2, 0) is 6.42 Å². The average Bonchev–Trinajstić information content (AvgIpc) is 2.41. The van der Waals surface area contributed by atoms with Gasteiger partial charge < -0.3 is 5.32 Å². The summed E-state index contributed by atoms with van der Waals surface area (Å²) in [6.07, 6.45) is 0.667. The Hall–Kier alpha value is -1.74. The molecule has 2 aromatic carbocycles. The summed E-state index contributed by atoms with van der Waals surface area (Å²) in [6.45, 7) is 4.12. The third-order valence-electron chi connectivity index (χ3n) is 3.70. The number of benzene rings is 2. The smallest absolute Gasteiger partial charge is 0.130 e. The predicted octanol–water partition coefficient (Wildman–Crippen LogP) is 4.08. The highest BCUT2D eigenvalue weighted by Crippen LogP contribution is 2.22. The van der Waals surface area contributed by atoms with Crippen LogP contribution in [0.5, 0.6) is 0 Å². The monoisotopic (exact) mass is 275 g/mol. The Labute approximate surface area is 118 Å². The van der Waals surface area contributed by atoms with Crippen LogP contribution in [0.1, 0.15) is 28.3 Å². The number of hydrogen-bond acceptors (Lipinski definition) is 1. The second-order valence-corrected chi connectivity index (χ2v) is 5.13. The van der Waals surface area contributed by atoms with E-state index in [0.717, 1.165) is 11.6 Å². The van der Waals surface area contributed by atoms with E-state index in [4.69, 9.17) is 0 Å². The average molecular weight is 275 g/mol. The van der Waals surface area contributed by atoms with Crippen molar-refractivity contribution in [3.8, 4) is 0 Å². The number of halogens is 2. The van der Waals surface area contributed by atoms with Crippen molar-refractivity contribution in [2.75, 3.05) is 7.05 Å². The lowest BCUT2D eigenvalue weighted by Gasteiger charge is -2.18. The summed E-state index contributed by atoms with van der Waals surface area (Å²) in [4.78, 5) is 0. The van der Waals surface area contributed by atoms with Crippen molar-refractivity contribution in [3.05, 3.63) is 70.3 Å². The summed E-state index contributed by atoms with van der Waals surface area (Å²) in [5.74, 6) is -1.06.